The lowest BCUT2D eigenvalue weighted by atomic mass is 10.1. The molecule has 1 aliphatic heterocycles. The number of nitrogens with one attached hydrogen (secondary N) is 1. The Labute approximate surface area is 90.8 Å². The molecule has 0 amide bonds. The number of fused-ring (bicyclic) bond motifs is 1. The molecule has 0 aromatic heterocycles. The van der Waals surface area contributed by atoms with Crippen LogP contribution in [0.1, 0.15) is 10.4 Å². The first-order chi connectivity index (χ1) is 7.04. The Balaban J connectivity index is 2.81. The molecule has 0 fully saturated rings. The van der Waals surface area contributed by atoms with Gasteiger partial charge in [-0.05, 0) is 15.9 Å². The van der Waals surface area contributed by atoms with E-state index in [2.05, 4.69) is 25.6 Å². The smallest absolute Gasteiger partial charge is 0.341 e. The molecule has 1 aromatic rings. The number of hydrogen-bond acceptors (Lipinski definition) is 5. The van der Waals surface area contributed by atoms with E-state index in [0.717, 1.165) is 0 Å². The van der Waals surface area contributed by atoms with Gasteiger partial charge in [0.15, 0.2) is 5.82 Å². The van der Waals surface area contributed by atoms with Gasteiger partial charge in [-0.2, -0.15) is 0 Å². The van der Waals surface area contributed by atoms with E-state index < -0.39 is 23.0 Å². The highest BCUT2D eigenvalue weighted by Gasteiger charge is 2.32. The Morgan fingerprint density at radius 3 is 2.67 bits per heavy atom. The van der Waals surface area contributed by atoms with Crippen LogP contribution in [0.4, 0.5) is 10.1 Å². The van der Waals surface area contributed by atoms with Crippen LogP contribution in [-0.2, 0) is 0 Å². The second-order valence-electron chi connectivity index (χ2n) is 2.67. The number of carboxylic acids is 1. The SMILES string of the molecule is Nc1c(F)c(Br)c2c(c1C(=O)O)ONO2. The average Bonchev–Trinajstić information content (AvgIpc) is 2.62. The third kappa shape index (κ3) is 1.29. The minimum absolute atomic E-state index is 0.0842. The average molecular weight is 279 g/mol. The highest BCUT2D eigenvalue weighted by molar-refractivity contribution is 9.10. The summed E-state index contributed by atoms with van der Waals surface area (Å²) in [5.41, 5.74) is 6.28. The summed E-state index contributed by atoms with van der Waals surface area (Å²) in [6, 6.07) is 0. The predicted octanol–water partition coefficient (Wildman–Crippen LogP) is 1.06. The topological polar surface area (TPSA) is 93.8 Å². The summed E-state index contributed by atoms with van der Waals surface area (Å²) in [4.78, 5) is 20.2. The van der Waals surface area contributed by atoms with E-state index in [1.165, 1.54) is 0 Å². The predicted molar refractivity (Wildman–Crippen MR) is 49.9 cm³/mol. The van der Waals surface area contributed by atoms with Crippen molar-refractivity contribution in [2.45, 2.75) is 0 Å². The van der Waals surface area contributed by atoms with E-state index in [4.69, 9.17) is 10.8 Å². The first kappa shape index (κ1) is 9.99. The second kappa shape index (κ2) is 3.24. The summed E-state index contributed by atoms with van der Waals surface area (Å²) >= 11 is 2.87. The van der Waals surface area contributed by atoms with Crippen LogP contribution in [0.2, 0.25) is 0 Å². The second-order valence-corrected chi connectivity index (χ2v) is 3.46. The molecular weight excluding hydrogens is 275 g/mol. The van der Waals surface area contributed by atoms with E-state index in [1.807, 2.05) is 5.64 Å². The molecule has 0 radical (unpaired) electrons. The van der Waals surface area contributed by atoms with Crippen LogP contribution < -0.4 is 21.1 Å². The fourth-order valence-electron chi connectivity index (χ4n) is 1.17. The van der Waals surface area contributed by atoms with Crippen LogP contribution in [0, 0.1) is 5.82 Å². The maximum absolute atomic E-state index is 13.4. The zero-order valence-electron chi connectivity index (χ0n) is 7.01. The summed E-state index contributed by atoms with van der Waals surface area (Å²) in [6.07, 6.45) is 0. The summed E-state index contributed by atoms with van der Waals surface area (Å²) in [7, 11) is 0. The molecule has 1 heterocycles. The zero-order chi connectivity index (χ0) is 11.2. The minimum atomic E-state index is -1.40. The van der Waals surface area contributed by atoms with Crippen LogP contribution in [0.15, 0.2) is 4.47 Å². The first-order valence-electron chi connectivity index (χ1n) is 3.66. The van der Waals surface area contributed by atoms with Gasteiger partial charge in [0, 0.05) is 5.64 Å². The van der Waals surface area contributed by atoms with Crippen molar-refractivity contribution in [2.75, 3.05) is 5.73 Å². The number of nitrogen functional groups attached to an aromatic ring is 1. The van der Waals surface area contributed by atoms with Gasteiger partial charge in [-0.15, -0.1) is 0 Å². The van der Waals surface area contributed by atoms with E-state index in [0.29, 0.717) is 0 Å². The van der Waals surface area contributed by atoms with Crippen molar-refractivity contribution in [2.24, 2.45) is 0 Å². The molecule has 0 saturated carbocycles. The Bertz CT molecular complexity index is 465. The molecule has 4 N–H and O–H groups in total. The molecule has 0 spiro atoms. The monoisotopic (exact) mass is 278 g/mol. The standard InChI is InChI=1S/C7H4BrFN2O4/c8-2-3(9)4(10)1(7(12)13)5-6(2)15-11-14-5/h11H,10H2,(H,12,13). The van der Waals surface area contributed by atoms with Crippen LogP contribution in [-0.4, -0.2) is 11.1 Å². The maximum Gasteiger partial charge on any atom is 0.341 e. The van der Waals surface area contributed by atoms with Gasteiger partial charge in [-0.1, -0.05) is 0 Å². The normalized spacial score (nSPS) is 12.9. The molecule has 15 heavy (non-hydrogen) atoms. The molecule has 0 atom stereocenters. The highest BCUT2D eigenvalue weighted by Crippen LogP contribution is 2.45. The summed E-state index contributed by atoms with van der Waals surface area (Å²) < 4.78 is 13.3. The fourth-order valence-corrected chi connectivity index (χ4v) is 1.64. The van der Waals surface area contributed by atoms with E-state index in [9.17, 15) is 9.18 Å². The quantitative estimate of drug-likeness (QED) is 0.665. The number of rotatable bonds is 1. The largest absolute Gasteiger partial charge is 0.477 e. The van der Waals surface area contributed by atoms with Crippen LogP contribution in [0.3, 0.4) is 0 Å². The Kier molecular flexibility index (Phi) is 2.16. The van der Waals surface area contributed by atoms with Crippen molar-refractivity contribution in [3.63, 3.8) is 0 Å². The van der Waals surface area contributed by atoms with Crippen molar-refractivity contribution >= 4 is 27.6 Å². The van der Waals surface area contributed by atoms with Crippen molar-refractivity contribution in [3.05, 3.63) is 15.9 Å². The van der Waals surface area contributed by atoms with Gasteiger partial charge in [-0.3, -0.25) is 0 Å². The molecule has 1 aromatic carbocycles. The number of aromatic carboxylic acids is 1. The lowest BCUT2D eigenvalue weighted by molar-refractivity contribution is 0.0247. The maximum atomic E-state index is 13.4. The number of hydrogen-bond donors (Lipinski definition) is 3. The summed E-state index contributed by atoms with van der Waals surface area (Å²) in [6.45, 7) is 0. The van der Waals surface area contributed by atoms with Gasteiger partial charge in [0.05, 0.1) is 5.69 Å². The molecule has 2 rings (SSSR count). The van der Waals surface area contributed by atoms with Gasteiger partial charge in [0.25, 0.3) is 0 Å². The van der Waals surface area contributed by atoms with Crippen LogP contribution >= 0.6 is 15.9 Å². The zero-order valence-corrected chi connectivity index (χ0v) is 8.59. The molecule has 1 aliphatic rings. The van der Waals surface area contributed by atoms with Crippen molar-refractivity contribution in [1.29, 1.82) is 0 Å². The van der Waals surface area contributed by atoms with Gasteiger partial charge in [-0.25, -0.2) is 9.18 Å². The number of anilines is 1. The molecule has 0 aliphatic carbocycles. The third-order valence-corrected chi connectivity index (χ3v) is 2.54. The van der Waals surface area contributed by atoms with Crippen LogP contribution in [0.25, 0.3) is 0 Å². The van der Waals surface area contributed by atoms with Crippen molar-refractivity contribution in [1.82, 2.24) is 5.64 Å². The first-order valence-corrected chi connectivity index (χ1v) is 4.45. The lowest BCUT2D eigenvalue weighted by Crippen LogP contribution is -2.15. The molecule has 0 saturated heterocycles. The number of carboxylic acid groups (broad SMARTS) is 1. The Hall–Kier alpha value is -1.54. The number of halogens is 2. The third-order valence-electron chi connectivity index (χ3n) is 1.83. The van der Waals surface area contributed by atoms with E-state index in [1.54, 1.807) is 0 Å². The number of carbonyl (C=O) groups is 1. The van der Waals surface area contributed by atoms with Crippen LogP contribution in [0.5, 0.6) is 11.5 Å². The lowest BCUT2D eigenvalue weighted by Gasteiger charge is -2.06. The van der Waals surface area contributed by atoms with E-state index >= 15 is 0 Å². The Morgan fingerprint density at radius 2 is 2.07 bits per heavy atom. The molecule has 0 unspecified atom stereocenters. The molecular formula is C7H4BrFN2O4. The summed E-state index contributed by atoms with van der Waals surface area (Å²) in [5, 5.41) is 8.82. The van der Waals surface area contributed by atoms with Crippen molar-refractivity contribution < 1.29 is 24.0 Å². The fraction of sp³-hybridized carbons (Fsp3) is 0. The van der Waals surface area contributed by atoms with E-state index in [-0.39, 0.29) is 16.0 Å². The number of benzene rings is 1. The molecule has 80 valence electrons. The highest BCUT2D eigenvalue weighted by atomic mass is 79.9. The molecule has 6 nitrogen and oxygen atoms in total. The van der Waals surface area contributed by atoms with Gasteiger partial charge in [0.1, 0.15) is 10.0 Å². The van der Waals surface area contributed by atoms with Crippen molar-refractivity contribution in [3.8, 4) is 11.5 Å². The summed E-state index contributed by atoms with van der Waals surface area (Å²) in [5.74, 6) is -2.55. The minimum Gasteiger partial charge on any atom is -0.477 e. The number of nitrogens with two attached hydrogens (primary N) is 1. The van der Waals surface area contributed by atoms with Gasteiger partial charge >= 0.3 is 5.97 Å². The Morgan fingerprint density at radius 1 is 1.47 bits per heavy atom. The van der Waals surface area contributed by atoms with Gasteiger partial charge in [0.2, 0.25) is 11.5 Å². The molecule has 8 heteroatoms. The van der Waals surface area contributed by atoms with Gasteiger partial charge < -0.3 is 20.5 Å². The molecule has 0 bridgehead atoms.